The number of hydrogen-bond donors (Lipinski definition) is 1. The Morgan fingerprint density at radius 2 is 1.76 bits per heavy atom. The standard InChI is InChI=1S/C19H32OSi/c1-16(15-21(5,6)19(2,3)4)14-18(20)13-12-17-10-8-7-9-11-17/h7-11,18,20H,1,12-15H2,2-6H3/t18-/m0/s1. The summed E-state index contributed by atoms with van der Waals surface area (Å²) in [5, 5.41) is 10.6. The van der Waals surface area contributed by atoms with Gasteiger partial charge >= 0.3 is 0 Å². The first-order chi connectivity index (χ1) is 9.62. The van der Waals surface area contributed by atoms with Crippen LogP contribution in [0.1, 0.15) is 39.2 Å². The van der Waals surface area contributed by atoms with E-state index in [0.717, 1.165) is 25.3 Å². The van der Waals surface area contributed by atoms with Crippen molar-refractivity contribution in [1.29, 1.82) is 0 Å². The van der Waals surface area contributed by atoms with E-state index in [2.05, 4.69) is 64.7 Å². The van der Waals surface area contributed by atoms with Crippen molar-refractivity contribution in [2.24, 2.45) is 0 Å². The first-order valence-corrected chi connectivity index (χ1v) is 11.2. The lowest BCUT2D eigenvalue weighted by Crippen LogP contribution is -2.37. The van der Waals surface area contributed by atoms with Crippen LogP contribution in [0.3, 0.4) is 0 Å². The van der Waals surface area contributed by atoms with Crippen LogP contribution < -0.4 is 0 Å². The van der Waals surface area contributed by atoms with Crippen molar-refractivity contribution in [3.8, 4) is 0 Å². The molecule has 1 aromatic rings. The molecule has 0 unspecified atom stereocenters. The summed E-state index contributed by atoms with van der Waals surface area (Å²) in [6.45, 7) is 16.1. The largest absolute Gasteiger partial charge is 0.393 e. The normalized spacial score (nSPS) is 14.0. The molecule has 0 saturated carbocycles. The summed E-state index contributed by atoms with van der Waals surface area (Å²) >= 11 is 0. The van der Waals surface area contributed by atoms with Crippen molar-refractivity contribution >= 4 is 8.07 Å². The van der Waals surface area contributed by atoms with E-state index >= 15 is 0 Å². The zero-order valence-electron chi connectivity index (χ0n) is 14.4. The summed E-state index contributed by atoms with van der Waals surface area (Å²) in [5.41, 5.74) is 2.52. The van der Waals surface area contributed by atoms with Crippen LogP contribution in [0, 0.1) is 0 Å². The van der Waals surface area contributed by atoms with E-state index in [4.69, 9.17) is 0 Å². The van der Waals surface area contributed by atoms with Crippen molar-refractivity contribution in [3.63, 3.8) is 0 Å². The van der Waals surface area contributed by atoms with Crippen LogP contribution in [-0.4, -0.2) is 19.3 Å². The van der Waals surface area contributed by atoms with Crippen molar-refractivity contribution in [3.05, 3.63) is 48.0 Å². The molecule has 1 nitrogen and oxygen atoms in total. The quantitative estimate of drug-likeness (QED) is 0.525. The molecule has 1 N–H and O–H groups in total. The van der Waals surface area contributed by atoms with Gasteiger partial charge in [-0.05, 0) is 35.9 Å². The van der Waals surface area contributed by atoms with Gasteiger partial charge in [0.25, 0.3) is 0 Å². The highest BCUT2D eigenvalue weighted by atomic mass is 28.3. The van der Waals surface area contributed by atoms with E-state index in [-0.39, 0.29) is 6.10 Å². The Hall–Kier alpha value is -0.863. The van der Waals surface area contributed by atoms with Crippen molar-refractivity contribution in [2.75, 3.05) is 0 Å². The number of aliphatic hydroxyl groups is 1. The maximum absolute atomic E-state index is 10.2. The van der Waals surface area contributed by atoms with Gasteiger partial charge in [-0.15, -0.1) is 6.58 Å². The van der Waals surface area contributed by atoms with Crippen molar-refractivity contribution in [2.45, 2.75) is 70.3 Å². The molecule has 1 aromatic carbocycles. The van der Waals surface area contributed by atoms with Gasteiger partial charge in [0.05, 0.1) is 14.2 Å². The average Bonchev–Trinajstić information content (AvgIpc) is 2.35. The first kappa shape index (κ1) is 18.2. The highest BCUT2D eigenvalue weighted by Gasteiger charge is 2.35. The van der Waals surface area contributed by atoms with Gasteiger partial charge in [-0.1, -0.05) is 69.8 Å². The van der Waals surface area contributed by atoms with Gasteiger partial charge in [0.1, 0.15) is 0 Å². The van der Waals surface area contributed by atoms with Gasteiger partial charge in [0, 0.05) is 0 Å². The zero-order valence-corrected chi connectivity index (χ0v) is 15.4. The summed E-state index contributed by atoms with van der Waals surface area (Å²) in [6.07, 6.45) is 2.25. The van der Waals surface area contributed by atoms with Gasteiger partial charge < -0.3 is 5.11 Å². The molecule has 0 spiro atoms. The molecule has 0 aliphatic rings. The first-order valence-electron chi connectivity index (χ1n) is 8.00. The van der Waals surface area contributed by atoms with Crippen molar-refractivity contribution < 1.29 is 5.11 Å². The Morgan fingerprint density at radius 1 is 1.19 bits per heavy atom. The minimum absolute atomic E-state index is 0.262. The Labute approximate surface area is 132 Å². The van der Waals surface area contributed by atoms with Crippen LogP contribution in [-0.2, 0) is 6.42 Å². The molecule has 0 heterocycles. The lowest BCUT2D eigenvalue weighted by Gasteiger charge is -2.37. The van der Waals surface area contributed by atoms with Gasteiger partial charge in [0.2, 0.25) is 0 Å². The van der Waals surface area contributed by atoms with Gasteiger partial charge in [-0.2, -0.15) is 0 Å². The monoisotopic (exact) mass is 304 g/mol. The third-order valence-electron chi connectivity index (χ3n) is 4.86. The molecule has 118 valence electrons. The molecule has 1 atom stereocenters. The highest BCUT2D eigenvalue weighted by Crippen LogP contribution is 2.40. The Balaban J connectivity index is 2.41. The highest BCUT2D eigenvalue weighted by molar-refractivity contribution is 6.80. The summed E-state index contributed by atoms with van der Waals surface area (Å²) in [6, 6.07) is 11.5. The fourth-order valence-electron chi connectivity index (χ4n) is 2.38. The molecular weight excluding hydrogens is 272 g/mol. The molecule has 2 heteroatoms. The number of aryl methyl sites for hydroxylation is 1. The molecule has 0 aliphatic carbocycles. The van der Waals surface area contributed by atoms with E-state index in [1.54, 1.807) is 0 Å². The summed E-state index contributed by atoms with van der Waals surface area (Å²) in [5.74, 6) is 0. The van der Waals surface area contributed by atoms with Gasteiger partial charge in [-0.3, -0.25) is 0 Å². The third kappa shape index (κ3) is 6.19. The molecule has 1 rings (SSSR count). The van der Waals surface area contributed by atoms with Crippen LogP contribution in [0.5, 0.6) is 0 Å². The molecule has 0 radical (unpaired) electrons. The maximum Gasteiger partial charge on any atom is 0.0580 e. The van der Waals surface area contributed by atoms with E-state index in [9.17, 15) is 5.11 Å². The van der Waals surface area contributed by atoms with Crippen LogP contribution in [0.25, 0.3) is 0 Å². The molecule has 0 aromatic heterocycles. The average molecular weight is 305 g/mol. The molecule has 21 heavy (non-hydrogen) atoms. The smallest absolute Gasteiger partial charge is 0.0580 e. The van der Waals surface area contributed by atoms with Crippen molar-refractivity contribution in [1.82, 2.24) is 0 Å². The van der Waals surface area contributed by atoms with E-state index < -0.39 is 8.07 Å². The number of aliphatic hydroxyl groups excluding tert-OH is 1. The fourth-order valence-corrected chi connectivity index (χ4v) is 4.30. The summed E-state index contributed by atoms with van der Waals surface area (Å²) in [7, 11) is -1.33. The molecule has 0 amide bonds. The minimum Gasteiger partial charge on any atom is -0.393 e. The minimum atomic E-state index is -1.33. The zero-order chi connectivity index (χ0) is 16.1. The van der Waals surface area contributed by atoms with E-state index in [1.165, 1.54) is 11.1 Å². The third-order valence-corrected chi connectivity index (χ3v) is 10.3. The summed E-state index contributed by atoms with van der Waals surface area (Å²) < 4.78 is 0. The van der Waals surface area contributed by atoms with Crippen LogP contribution in [0.15, 0.2) is 42.5 Å². The van der Waals surface area contributed by atoms with E-state index in [0.29, 0.717) is 5.04 Å². The maximum atomic E-state index is 10.2. The lowest BCUT2D eigenvalue weighted by atomic mass is 10.0. The summed E-state index contributed by atoms with van der Waals surface area (Å²) in [4.78, 5) is 0. The van der Waals surface area contributed by atoms with Crippen LogP contribution >= 0.6 is 0 Å². The second kappa shape index (κ2) is 7.41. The van der Waals surface area contributed by atoms with Gasteiger partial charge in [-0.25, -0.2) is 0 Å². The number of rotatable bonds is 7. The Kier molecular flexibility index (Phi) is 6.42. The van der Waals surface area contributed by atoms with Gasteiger partial charge in [0.15, 0.2) is 0 Å². The number of benzene rings is 1. The predicted molar refractivity (Wildman–Crippen MR) is 96.5 cm³/mol. The molecule has 0 fully saturated rings. The predicted octanol–water partition coefficient (Wildman–Crippen LogP) is 5.43. The lowest BCUT2D eigenvalue weighted by molar-refractivity contribution is 0.165. The second-order valence-corrected chi connectivity index (χ2v) is 13.6. The fraction of sp³-hybridized carbons (Fsp3) is 0.579. The van der Waals surface area contributed by atoms with E-state index in [1.807, 2.05) is 6.07 Å². The molecule has 0 bridgehead atoms. The molecule has 0 aliphatic heterocycles. The topological polar surface area (TPSA) is 20.2 Å². The van der Waals surface area contributed by atoms with Crippen LogP contribution in [0.4, 0.5) is 0 Å². The Morgan fingerprint density at radius 3 is 2.29 bits per heavy atom. The SMILES string of the molecule is C=C(C[C@@H](O)CCc1ccccc1)C[Si](C)(C)C(C)(C)C. The Bertz CT molecular complexity index is 442. The molecule has 0 saturated heterocycles. The molecular formula is C19H32OSi. The van der Waals surface area contributed by atoms with Crippen LogP contribution in [0.2, 0.25) is 24.2 Å². The second-order valence-electron chi connectivity index (χ2n) is 7.94. The number of hydrogen-bond acceptors (Lipinski definition) is 1.